The summed E-state index contributed by atoms with van der Waals surface area (Å²) in [6.07, 6.45) is 0.308. The van der Waals surface area contributed by atoms with E-state index in [4.69, 9.17) is 10.5 Å². The summed E-state index contributed by atoms with van der Waals surface area (Å²) >= 11 is 0. The first kappa shape index (κ1) is 13.1. The van der Waals surface area contributed by atoms with E-state index in [2.05, 4.69) is 49.1 Å². The Hall–Kier alpha value is -0.900. The maximum absolute atomic E-state index is 6.17. The molecule has 104 valence electrons. The number of morpholine rings is 1. The molecule has 1 aliphatic heterocycles. The lowest BCUT2D eigenvalue weighted by Crippen LogP contribution is -2.44. The zero-order valence-corrected chi connectivity index (χ0v) is 11.9. The van der Waals surface area contributed by atoms with E-state index in [9.17, 15) is 0 Å². The van der Waals surface area contributed by atoms with Crippen molar-refractivity contribution in [2.45, 2.75) is 32.5 Å². The molecular formula is C16H24N2O. The molecule has 0 amide bonds. The van der Waals surface area contributed by atoms with Gasteiger partial charge in [-0.2, -0.15) is 0 Å². The third-order valence-electron chi connectivity index (χ3n) is 4.82. The Labute approximate surface area is 115 Å². The Morgan fingerprint density at radius 3 is 2.63 bits per heavy atom. The van der Waals surface area contributed by atoms with Crippen LogP contribution in [0.5, 0.6) is 0 Å². The van der Waals surface area contributed by atoms with Crippen LogP contribution in [-0.2, 0) is 11.3 Å². The predicted octanol–water partition coefficient (Wildman–Crippen LogP) is 1.87. The molecule has 1 saturated heterocycles. The fourth-order valence-electron chi connectivity index (χ4n) is 3.36. The van der Waals surface area contributed by atoms with Crippen LogP contribution in [-0.4, -0.2) is 36.7 Å². The Kier molecular flexibility index (Phi) is 3.37. The molecule has 1 aliphatic carbocycles. The van der Waals surface area contributed by atoms with Crippen LogP contribution < -0.4 is 5.73 Å². The maximum Gasteiger partial charge on any atom is 0.0751 e. The van der Waals surface area contributed by atoms with Gasteiger partial charge in [0, 0.05) is 31.6 Å². The van der Waals surface area contributed by atoms with Crippen molar-refractivity contribution in [2.75, 3.05) is 19.7 Å². The molecule has 19 heavy (non-hydrogen) atoms. The fraction of sp³-hybridized carbons (Fsp3) is 0.625. The summed E-state index contributed by atoms with van der Waals surface area (Å²) in [5.74, 6) is 0.520. The second kappa shape index (κ2) is 4.89. The van der Waals surface area contributed by atoms with Gasteiger partial charge in [-0.3, -0.25) is 4.90 Å². The molecule has 3 rings (SSSR count). The number of hydrogen-bond donors (Lipinski definition) is 1. The minimum atomic E-state index is 0.250. The molecule has 0 aromatic heterocycles. The van der Waals surface area contributed by atoms with E-state index in [0.29, 0.717) is 18.1 Å². The second-order valence-corrected chi connectivity index (χ2v) is 6.50. The van der Waals surface area contributed by atoms with Gasteiger partial charge in [-0.15, -0.1) is 0 Å². The average molecular weight is 260 g/mol. The van der Waals surface area contributed by atoms with Crippen LogP contribution in [0, 0.1) is 11.3 Å². The molecule has 3 heteroatoms. The van der Waals surface area contributed by atoms with Crippen molar-refractivity contribution in [3.05, 3.63) is 35.9 Å². The van der Waals surface area contributed by atoms with Crippen LogP contribution >= 0.6 is 0 Å². The van der Waals surface area contributed by atoms with Crippen molar-refractivity contribution < 1.29 is 4.74 Å². The van der Waals surface area contributed by atoms with Crippen LogP contribution in [0.3, 0.4) is 0 Å². The zero-order valence-electron chi connectivity index (χ0n) is 11.9. The molecule has 0 spiro atoms. The molecule has 1 aromatic carbocycles. The summed E-state index contributed by atoms with van der Waals surface area (Å²) in [5.41, 5.74) is 7.80. The molecule has 2 N–H and O–H groups in total. The van der Waals surface area contributed by atoms with E-state index in [-0.39, 0.29) is 5.41 Å². The van der Waals surface area contributed by atoms with Gasteiger partial charge in [-0.1, -0.05) is 44.2 Å². The van der Waals surface area contributed by atoms with E-state index in [0.717, 1.165) is 26.2 Å². The highest BCUT2D eigenvalue weighted by Gasteiger charge is 2.59. The van der Waals surface area contributed by atoms with Crippen molar-refractivity contribution >= 4 is 0 Å². The summed E-state index contributed by atoms with van der Waals surface area (Å²) < 4.78 is 5.95. The van der Waals surface area contributed by atoms with Crippen LogP contribution in [0.1, 0.15) is 19.4 Å². The molecule has 1 heterocycles. The fourth-order valence-corrected chi connectivity index (χ4v) is 3.36. The van der Waals surface area contributed by atoms with Gasteiger partial charge in [-0.05, 0) is 11.0 Å². The monoisotopic (exact) mass is 260 g/mol. The summed E-state index contributed by atoms with van der Waals surface area (Å²) in [5, 5.41) is 0. The van der Waals surface area contributed by atoms with Crippen molar-refractivity contribution in [1.82, 2.24) is 4.90 Å². The molecule has 1 aromatic rings. The smallest absolute Gasteiger partial charge is 0.0751 e. The first-order chi connectivity index (χ1) is 9.09. The van der Waals surface area contributed by atoms with Gasteiger partial charge in [0.1, 0.15) is 0 Å². The minimum Gasteiger partial charge on any atom is -0.375 e. The molecule has 2 fully saturated rings. The van der Waals surface area contributed by atoms with Crippen molar-refractivity contribution in [1.29, 1.82) is 0 Å². The van der Waals surface area contributed by atoms with Crippen LogP contribution in [0.4, 0.5) is 0 Å². The van der Waals surface area contributed by atoms with Crippen LogP contribution in [0.25, 0.3) is 0 Å². The number of rotatable bonds is 3. The van der Waals surface area contributed by atoms with Gasteiger partial charge in [0.25, 0.3) is 0 Å². The van der Waals surface area contributed by atoms with Crippen molar-refractivity contribution in [3.8, 4) is 0 Å². The number of hydrogen-bond acceptors (Lipinski definition) is 3. The highest BCUT2D eigenvalue weighted by molar-refractivity contribution is 5.16. The number of nitrogens with zero attached hydrogens (tertiary/aromatic N) is 1. The summed E-state index contributed by atoms with van der Waals surface area (Å²) in [7, 11) is 0. The van der Waals surface area contributed by atoms with Crippen molar-refractivity contribution in [3.63, 3.8) is 0 Å². The Morgan fingerprint density at radius 1 is 1.32 bits per heavy atom. The number of benzene rings is 1. The molecule has 1 saturated carbocycles. The van der Waals surface area contributed by atoms with Crippen molar-refractivity contribution in [2.24, 2.45) is 17.1 Å². The van der Waals surface area contributed by atoms with E-state index in [1.165, 1.54) is 5.56 Å². The lowest BCUT2D eigenvalue weighted by molar-refractivity contribution is -0.0475. The third kappa shape index (κ3) is 2.55. The van der Waals surface area contributed by atoms with E-state index < -0.39 is 0 Å². The first-order valence-electron chi connectivity index (χ1n) is 7.22. The molecule has 3 nitrogen and oxygen atoms in total. The first-order valence-corrected chi connectivity index (χ1v) is 7.22. The Bertz CT molecular complexity index is 432. The Balaban J connectivity index is 1.60. The molecule has 1 unspecified atom stereocenters. The SMILES string of the molecule is CC1(C)[C@H](N)[C@H]1C1CN(Cc2ccccc2)CCO1. The minimum absolute atomic E-state index is 0.250. The molecule has 0 bridgehead atoms. The lowest BCUT2D eigenvalue weighted by atomic mass is 10.0. The quantitative estimate of drug-likeness (QED) is 0.901. The van der Waals surface area contributed by atoms with Gasteiger partial charge in [0.05, 0.1) is 12.7 Å². The van der Waals surface area contributed by atoms with Gasteiger partial charge >= 0.3 is 0 Å². The zero-order chi connectivity index (χ0) is 13.5. The third-order valence-corrected chi connectivity index (χ3v) is 4.82. The second-order valence-electron chi connectivity index (χ2n) is 6.50. The number of ether oxygens (including phenoxy) is 1. The number of nitrogens with two attached hydrogens (primary N) is 1. The van der Waals surface area contributed by atoms with E-state index in [1.807, 2.05) is 0 Å². The molecule has 3 atom stereocenters. The van der Waals surface area contributed by atoms with E-state index in [1.54, 1.807) is 0 Å². The summed E-state index contributed by atoms with van der Waals surface area (Å²) in [4.78, 5) is 2.49. The summed E-state index contributed by atoms with van der Waals surface area (Å²) in [6.45, 7) is 8.38. The molecular weight excluding hydrogens is 236 g/mol. The van der Waals surface area contributed by atoms with Gasteiger partial charge < -0.3 is 10.5 Å². The van der Waals surface area contributed by atoms with Gasteiger partial charge in [0.2, 0.25) is 0 Å². The van der Waals surface area contributed by atoms with Crippen LogP contribution in [0.2, 0.25) is 0 Å². The Morgan fingerprint density at radius 2 is 2.00 bits per heavy atom. The highest BCUT2D eigenvalue weighted by atomic mass is 16.5. The normalized spacial score (nSPS) is 34.2. The van der Waals surface area contributed by atoms with E-state index >= 15 is 0 Å². The highest BCUT2D eigenvalue weighted by Crippen LogP contribution is 2.53. The van der Waals surface area contributed by atoms with Crippen LogP contribution in [0.15, 0.2) is 30.3 Å². The lowest BCUT2D eigenvalue weighted by Gasteiger charge is -2.33. The standard InChI is InChI=1S/C16H24N2O/c1-16(2)14(15(16)17)13-11-18(8-9-19-13)10-12-6-4-3-5-7-12/h3-7,13-15H,8-11,17H2,1-2H3/t13?,14-,15-/m1/s1. The maximum atomic E-state index is 6.17. The molecule has 2 aliphatic rings. The van der Waals surface area contributed by atoms with Gasteiger partial charge in [-0.25, -0.2) is 0 Å². The predicted molar refractivity (Wildman–Crippen MR) is 76.7 cm³/mol. The van der Waals surface area contributed by atoms with Gasteiger partial charge in [0.15, 0.2) is 0 Å². The average Bonchev–Trinajstić information content (AvgIpc) is 2.90. The largest absolute Gasteiger partial charge is 0.375 e. The topological polar surface area (TPSA) is 38.5 Å². The molecule has 0 radical (unpaired) electrons. The summed E-state index contributed by atoms with van der Waals surface area (Å²) in [6, 6.07) is 11.0.